The summed E-state index contributed by atoms with van der Waals surface area (Å²) in [4.78, 5) is 19.4. The highest BCUT2D eigenvalue weighted by atomic mass is 16.5. The molecule has 0 fully saturated rings. The van der Waals surface area contributed by atoms with E-state index in [2.05, 4.69) is 9.97 Å². The van der Waals surface area contributed by atoms with E-state index < -0.39 is 5.97 Å². The molecular formula is C13H20N2O3. The predicted octanol–water partition coefficient (Wildman–Crippen LogP) is 1.69. The van der Waals surface area contributed by atoms with Gasteiger partial charge in [0, 0.05) is 30.8 Å². The average molecular weight is 252 g/mol. The Labute approximate surface area is 107 Å². The molecule has 0 aliphatic carbocycles. The van der Waals surface area contributed by atoms with Crippen LogP contribution in [0.5, 0.6) is 0 Å². The first-order valence-electron chi connectivity index (χ1n) is 6.17. The molecule has 0 amide bonds. The third-order valence-corrected chi connectivity index (χ3v) is 2.73. The first-order chi connectivity index (χ1) is 8.54. The predicted molar refractivity (Wildman–Crippen MR) is 67.7 cm³/mol. The van der Waals surface area contributed by atoms with Gasteiger partial charge in [0.15, 0.2) is 0 Å². The van der Waals surface area contributed by atoms with Crippen molar-refractivity contribution < 1.29 is 14.6 Å². The number of hydrogen-bond donors (Lipinski definition) is 1. The van der Waals surface area contributed by atoms with E-state index in [0.29, 0.717) is 26.1 Å². The van der Waals surface area contributed by atoms with Crippen molar-refractivity contribution in [2.45, 2.75) is 40.0 Å². The molecule has 0 atom stereocenters. The van der Waals surface area contributed by atoms with Crippen molar-refractivity contribution in [3.05, 3.63) is 22.8 Å². The summed E-state index contributed by atoms with van der Waals surface area (Å²) in [5.74, 6) is -0.0354. The molecule has 0 spiro atoms. The molecule has 0 bridgehead atoms. The average Bonchev–Trinajstić information content (AvgIpc) is 2.28. The minimum Gasteiger partial charge on any atom is -0.481 e. The Balaban J connectivity index is 2.74. The van der Waals surface area contributed by atoms with Gasteiger partial charge in [0.05, 0.1) is 6.61 Å². The molecule has 1 heterocycles. The third kappa shape index (κ3) is 4.41. The summed E-state index contributed by atoms with van der Waals surface area (Å²) in [6, 6.07) is 0. The molecule has 5 nitrogen and oxygen atoms in total. The second-order valence-electron chi connectivity index (χ2n) is 4.13. The van der Waals surface area contributed by atoms with Crippen molar-refractivity contribution in [1.29, 1.82) is 0 Å². The largest absolute Gasteiger partial charge is 0.481 e. The lowest BCUT2D eigenvalue weighted by atomic mass is 10.1. The van der Waals surface area contributed by atoms with E-state index in [9.17, 15) is 4.79 Å². The first-order valence-corrected chi connectivity index (χ1v) is 6.17. The highest BCUT2D eigenvalue weighted by Gasteiger charge is 2.10. The number of carbonyl (C=O) groups is 1. The molecule has 0 radical (unpaired) electrons. The zero-order valence-corrected chi connectivity index (χ0v) is 11.2. The fourth-order valence-electron chi connectivity index (χ4n) is 1.82. The van der Waals surface area contributed by atoms with Crippen LogP contribution in [0.15, 0.2) is 0 Å². The van der Waals surface area contributed by atoms with E-state index in [1.165, 1.54) is 0 Å². The van der Waals surface area contributed by atoms with Crippen LogP contribution in [-0.2, 0) is 22.4 Å². The summed E-state index contributed by atoms with van der Waals surface area (Å²) in [6.45, 7) is 7.05. The van der Waals surface area contributed by atoms with Gasteiger partial charge >= 0.3 is 5.97 Å². The molecule has 5 heteroatoms. The fraction of sp³-hybridized carbons (Fsp3) is 0.615. The van der Waals surface area contributed by atoms with Crippen molar-refractivity contribution >= 4 is 5.97 Å². The van der Waals surface area contributed by atoms with Gasteiger partial charge in [0.1, 0.15) is 5.82 Å². The zero-order chi connectivity index (χ0) is 13.5. The van der Waals surface area contributed by atoms with Gasteiger partial charge in [-0.1, -0.05) is 0 Å². The van der Waals surface area contributed by atoms with E-state index in [1.54, 1.807) is 0 Å². The summed E-state index contributed by atoms with van der Waals surface area (Å²) >= 11 is 0. The van der Waals surface area contributed by atoms with Crippen LogP contribution in [0.25, 0.3) is 0 Å². The number of ether oxygens (including phenoxy) is 1. The van der Waals surface area contributed by atoms with Crippen molar-refractivity contribution in [3.8, 4) is 0 Å². The van der Waals surface area contributed by atoms with Crippen LogP contribution >= 0.6 is 0 Å². The summed E-state index contributed by atoms with van der Waals surface area (Å²) in [5.41, 5.74) is 2.68. The Morgan fingerprint density at radius 3 is 2.33 bits per heavy atom. The summed E-state index contributed by atoms with van der Waals surface area (Å²) in [7, 11) is 0. The van der Waals surface area contributed by atoms with Crippen molar-refractivity contribution in [1.82, 2.24) is 9.97 Å². The Hall–Kier alpha value is -1.49. The zero-order valence-electron chi connectivity index (χ0n) is 11.2. The number of hydrogen-bond acceptors (Lipinski definition) is 4. The van der Waals surface area contributed by atoms with Crippen LogP contribution in [0.3, 0.4) is 0 Å². The minimum absolute atomic E-state index is 0.114. The van der Waals surface area contributed by atoms with Gasteiger partial charge < -0.3 is 9.84 Å². The molecule has 100 valence electrons. The molecule has 0 saturated heterocycles. The lowest BCUT2D eigenvalue weighted by Crippen LogP contribution is -2.09. The van der Waals surface area contributed by atoms with E-state index in [4.69, 9.17) is 9.84 Å². The lowest BCUT2D eigenvalue weighted by molar-refractivity contribution is -0.136. The molecule has 1 rings (SSSR count). The van der Waals surface area contributed by atoms with E-state index >= 15 is 0 Å². The van der Waals surface area contributed by atoms with Gasteiger partial charge in [-0.3, -0.25) is 4.79 Å². The van der Waals surface area contributed by atoms with E-state index in [0.717, 1.165) is 22.8 Å². The van der Waals surface area contributed by atoms with Crippen molar-refractivity contribution in [3.63, 3.8) is 0 Å². The number of aliphatic carboxylic acids is 1. The maximum Gasteiger partial charge on any atom is 0.303 e. The number of rotatable bonds is 7. The molecule has 1 N–H and O–H groups in total. The van der Waals surface area contributed by atoms with Crippen LogP contribution in [0.1, 0.15) is 36.1 Å². The van der Waals surface area contributed by atoms with E-state index in [1.807, 2.05) is 20.8 Å². The number of carboxylic acids is 1. The molecule has 0 aliphatic heterocycles. The molecule has 1 aromatic rings. The van der Waals surface area contributed by atoms with Gasteiger partial charge in [0.2, 0.25) is 0 Å². The Bertz CT molecular complexity index is 396. The topological polar surface area (TPSA) is 72.3 Å². The third-order valence-electron chi connectivity index (χ3n) is 2.73. The summed E-state index contributed by atoms with van der Waals surface area (Å²) < 4.78 is 5.27. The molecular weight excluding hydrogens is 232 g/mol. The smallest absolute Gasteiger partial charge is 0.303 e. The van der Waals surface area contributed by atoms with Gasteiger partial charge in [-0.25, -0.2) is 9.97 Å². The second-order valence-corrected chi connectivity index (χ2v) is 4.13. The van der Waals surface area contributed by atoms with Crippen molar-refractivity contribution in [2.24, 2.45) is 0 Å². The van der Waals surface area contributed by atoms with E-state index in [-0.39, 0.29) is 6.42 Å². The maximum atomic E-state index is 10.6. The molecule has 0 unspecified atom stereocenters. The molecule has 0 saturated carbocycles. The van der Waals surface area contributed by atoms with Crippen LogP contribution in [0.4, 0.5) is 0 Å². The quantitative estimate of drug-likeness (QED) is 0.748. The Morgan fingerprint density at radius 1 is 1.22 bits per heavy atom. The van der Waals surface area contributed by atoms with Crippen LogP contribution in [0, 0.1) is 13.8 Å². The fourth-order valence-corrected chi connectivity index (χ4v) is 1.82. The monoisotopic (exact) mass is 252 g/mol. The van der Waals surface area contributed by atoms with Crippen LogP contribution < -0.4 is 0 Å². The minimum atomic E-state index is -0.797. The number of aryl methyl sites for hydroxylation is 2. The number of nitrogens with zero attached hydrogens (tertiary/aromatic N) is 2. The van der Waals surface area contributed by atoms with Gasteiger partial charge in [0.25, 0.3) is 0 Å². The molecule has 18 heavy (non-hydrogen) atoms. The standard InChI is InChI=1S/C13H20N2O3/c1-4-18-8-7-12-14-9(2)11(10(3)15-12)5-6-13(16)17/h4-8H2,1-3H3,(H,16,17). The molecule has 0 aromatic carbocycles. The normalized spacial score (nSPS) is 10.6. The Morgan fingerprint density at radius 2 is 1.83 bits per heavy atom. The van der Waals surface area contributed by atoms with Gasteiger partial charge in [-0.2, -0.15) is 0 Å². The Kier molecular flexibility index (Phi) is 5.71. The summed E-state index contributed by atoms with van der Waals surface area (Å²) in [5, 5.41) is 8.70. The molecule has 0 aliphatic rings. The van der Waals surface area contributed by atoms with Crippen molar-refractivity contribution in [2.75, 3.05) is 13.2 Å². The van der Waals surface area contributed by atoms with Gasteiger partial charge in [-0.05, 0) is 32.8 Å². The highest BCUT2D eigenvalue weighted by molar-refractivity contribution is 5.67. The number of aromatic nitrogens is 2. The molecule has 1 aromatic heterocycles. The number of carboxylic acid groups (broad SMARTS) is 1. The SMILES string of the molecule is CCOCCc1nc(C)c(CCC(=O)O)c(C)n1. The summed E-state index contributed by atoms with van der Waals surface area (Å²) in [6.07, 6.45) is 1.29. The van der Waals surface area contributed by atoms with Crippen LogP contribution in [-0.4, -0.2) is 34.3 Å². The van der Waals surface area contributed by atoms with Crippen LogP contribution in [0.2, 0.25) is 0 Å². The lowest BCUT2D eigenvalue weighted by Gasteiger charge is -2.10. The highest BCUT2D eigenvalue weighted by Crippen LogP contribution is 2.13. The maximum absolute atomic E-state index is 10.6. The van der Waals surface area contributed by atoms with Gasteiger partial charge in [-0.15, -0.1) is 0 Å². The first kappa shape index (κ1) is 14.6. The second kappa shape index (κ2) is 7.06.